The third-order valence-corrected chi connectivity index (χ3v) is 4.85. The molecule has 1 aliphatic heterocycles. The molecule has 0 saturated carbocycles. The van der Waals surface area contributed by atoms with Crippen molar-refractivity contribution in [1.29, 1.82) is 0 Å². The van der Waals surface area contributed by atoms with Gasteiger partial charge in [0.15, 0.2) is 0 Å². The number of carbonyl (C=O) groups excluding carboxylic acids is 1. The van der Waals surface area contributed by atoms with Gasteiger partial charge in [0.2, 0.25) is 0 Å². The van der Waals surface area contributed by atoms with Crippen LogP contribution in [0, 0.1) is 6.92 Å². The Hall–Kier alpha value is -1.06. The summed E-state index contributed by atoms with van der Waals surface area (Å²) in [4.78, 5) is 14.1. The van der Waals surface area contributed by atoms with E-state index in [0.29, 0.717) is 5.02 Å². The van der Waals surface area contributed by atoms with Gasteiger partial charge in [0.05, 0.1) is 11.1 Å². The van der Waals surface area contributed by atoms with Crippen LogP contribution in [0.4, 0.5) is 0 Å². The molecule has 0 aromatic heterocycles. The van der Waals surface area contributed by atoms with Crippen molar-refractivity contribution < 1.29 is 9.90 Å². The highest BCUT2D eigenvalue weighted by atomic mass is 35.5. The molecule has 3 nitrogen and oxygen atoms in total. The minimum Gasteiger partial charge on any atom is -0.508 e. The van der Waals surface area contributed by atoms with Crippen molar-refractivity contribution in [2.75, 3.05) is 13.1 Å². The summed E-state index contributed by atoms with van der Waals surface area (Å²) in [6.45, 7) is 7.41. The topological polar surface area (TPSA) is 40.5 Å². The maximum Gasteiger partial charge on any atom is 0.146 e. The number of benzene rings is 1. The Kier molecular flexibility index (Phi) is 4.71. The second kappa shape index (κ2) is 6.15. The first-order valence-electron chi connectivity index (χ1n) is 7.18. The molecular formula is C16H22ClNO2. The van der Waals surface area contributed by atoms with Crippen LogP contribution in [-0.4, -0.2) is 34.9 Å². The van der Waals surface area contributed by atoms with E-state index in [1.807, 2.05) is 13.0 Å². The van der Waals surface area contributed by atoms with Crippen molar-refractivity contribution in [1.82, 2.24) is 4.90 Å². The van der Waals surface area contributed by atoms with E-state index in [1.54, 1.807) is 13.0 Å². The van der Waals surface area contributed by atoms with Gasteiger partial charge < -0.3 is 5.11 Å². The van der Waals surface area contributed by atoms with Crippen LogP contribution in [0.2, 0.25) is 5.02 Å². The van der Waals surface area contributed by atoms with Gasteiger partial charge in [-0.3, -0.25) is 9.69 Å². The summed E-state index contributed by atoms with van der Waals surface area (Å²) in [6.07, 6.45) is 1.66. The van der Waals surface area contributed by atoms with Crippen LogP contribution in [0.25, 0.3) is 0 Å². The van der Waals surface area contributed by atoms with Gasteiger partial charge in [-0.25, -0.2) is 0 Å². The van der Waals surface area contributed by atoms with Crippen molar-refractivity contribution in [2.24, 2.45) is 0 Å². The van der Waals surface area contributed by atoms with Crippen LogP contribution in [-0.2, 0) is 4.79 Å². The molecule has 0 radical (unpaired) electrons. The molecule has 2 atom stereocenters. The molecule has 1 saturated heterocycles. The van der Waals surface area contributed by atoms with Crippen molar-refractivity contribution in [3.05, 3.63) is 28.3 Å². The van der Waals surface area contributed by atoms with Crippen molar-refractivity contribution in [3.63, 3.8) is 0 Å². The van der Waals surface area contributed by atoms with Crippen LogP contribution in [0.5, 0.6) is 5.75 Å². The van der Waals surface area contributed by atoms with E-state index in [1.165, 1.54) is 0 Å². The maximum atomic E-state index is 11.8. The number of aromatic hydroxyl groups is 1. The molecule has 0 amide bonds. The highest BCUT2D eigenvalue weighted by Crippen LogP contribution is 2.41. The van der Waals surface area contributed by atoms with E-state index >= 15 is 0 Å². The molecule has 1 aromatic rings. The van der Waals surface area contributed by atoms with Gasteiger partial charge in [-0.15, -0.1) is 0 Å². The molecule has 1 heterocycles. The molecule has 1 aliphatic rings. The average Bonchev–Trinajstić information content (AvgIpc) is 2.43. The lowest BCUT2D eigenvalue weighted by atomic mass is 9.83. The highest BCUT2D eigenvalue weighted by Gasteiger charge is 2.33. The largest absolute Gasteiger partial charge is 0.508 e. The van der Waals surface area contributed by atoms with Crippen LogP contribution in [0.1, 0.15) is 43.7 Å². The van der Waals surface area contributed by atoms with E-state index < -0.39 is 0 Å². The molecular weight excluding hydrogens is 274 g/mol. The first kappa shape index (κ1) is 15.3. The second-order valence-electron chi connectivity index (χ2n) is 5.61. The number of aryl methyl sites for hydroxylation is 1. The predicted octanol–water partition coefficient (Wildman–Crippen LogP) is 3.51. The number of likely N-dealkylation sites (tertiary alicyclic amines) is 1. The lowest BCUT2D eigenvalue weighted by Crippen LogP contribution is -2.45. The van der Waals surface area contributed by atoms with E-state index in [4.69, 9.17) is 11.6 Å². The first-order valence-corrected chi connectivity index (χ1v) is 7.56. The SMILES string of the molecule is CCN1CCC(c2c(O)ccc(C)c2Cl)CC1C(C)=O. The van der Waals surface area contributed by atoms with Gasteiger partial charge >= 0.3 is 0 Å². The number of nitrogens with zero attached hydrogens (tertiary/aromatic N) is 1. The van der Waals surface area contributed by atoms with E-state index in [9.17, 15) is 9.90 Å². The summed E-state index contributed by atoms with van der Waals surface area (Å²) in [7, 11) is 0. The minimum absolute atomic E-state index is 0.0604. The third kappa shape index (κ3) is 2.84. The van der Waals surface area contributed by atoms with Crippen LogP contribution < -0.4 is 0 Å². The highest BCUT2D eigenvalue weighted by molar-refractivity contribution is 6.32. The summed E-state index contributed by atoms with van der Waals surface area (Å²) >= 11 is 6.37. The fourth-order valence-corrected chi connectivity index (χ4v) is 3.47. The fourth-order valence-electron chi connectivity index (χ4n) is 3.16. The molecule has 110 valence electrons. The maximum absolute atomic E-state index is 11.8. The fraction of sp³-hybridized carbons (Fsp3) is 0.562. The lowest BCUT2D eigenvalue weighted by Gasteiger charge is -2.38. The molecule has 20 heavy (non-hydrogen) atoms. The van der Waals surface area contributed by atoms with Crippen LogP contribution in [0.3, 0.4) is 0 Å². The van der Waals surface area contributed by atoms with Crippen LogP contribution in [0.15, 0.2) is 12.1 Å². The summed E-state index contributed by atoms with van der Waals surface area (Å²) in [5, 5.41) is 10.8. The van der Waals surface area contributed by atoms with Crippen molar-refractivity contribution in [3.8, 4) is 5.75 Å². The second-order valence-corrected chi connectivity index (χ2v) is 5.98. The third-order valence-electron chi connectivity index (χ3n) is 4.35. The quantitative estimate of drug-likeness (QED) is 0.927. The molecule has 0 spiro atoms. The smallest absolute Gasteiger partial charge is 0.146 e. The number of piperidine rings is 1. The first-order chi connectivity index (χ1) is 9.45. The number of phenolic OH excluding ortho intramolecular Hbond substituents is 1. The van der Waals surface area contributed by atoms with Crippen LogP contribution >= 0.6 is 11.6 Å². The molecule has 1 fully saturated rings. The Labute approximate surface area is 125 Å². The number of phenols is 1. The molecule has 0 aliphatic carbocycles. The summed E-state index contributed by atoms with van der Waals surface area (Å²) in [5.74, 6) is 0.594. The molecule has 4 heteroatoms. The number of hydrogen-bond acceptors (Lipinski definition) is 3. The average molecular weight is 296 g/mol. The number of hydrogen-bond donors (Lipinski definition) is 1. The summed E-state index contributed by atoms with van der Waals surface area (Å²) < 4.78 is 0. The number of halogens is 1. The van der Waals surface area contributed by atoms with Gasteiger partial charge in [-0.05, 0) is 57.3 Å². The van der Waals surface area contributed by atoms with Gasteiger partial charge in [0, 0.05) is 5.56 Å². The van der Waals surface area contributed by atoms with Crippen molar-refractivity contribution in [2.45, 2.75) is 45.6 Å². The van der Waals surface area contributed by atoms with Gasteiger partial charge in [-0.1, -0.05) is 24.6 Å². The standard InChI is InChI=1S/C16H22ClNO2/c1-4-18-8-7-12(9-13(18)11(3)19)15-14(20)6-5-10(2)16(15)17/h5-6,12-13,20H,4,7-9H2,1-3H3. The summed E-state index contributed by atoms with van der Waals surface area (Å²) in [5.41, 5.74) is 1.78. The molecule has 1 N–H and O–H groups in total. The van der Waals surface area contributed by atoms with Gasteiger partial charge in [-0.2, -0.15) is 0 Å². The zero-order valence-electron chi connectivity index (χ0n) is 12.3. The Balaban J connectivity index is 2.31. The Bertz CT molecular complexity index is 515. The molecule has 1 aromatic carbocycles. The normalized spacial score (nSPS) is 23.8. The predicted molar refractivity (Wildman–Crippen MR) is 81.5 cm³/mol. The Morgan fingerprint density at radius 3 is 2.80 bits per heavy atom. The zero-order valence-corrected chi connectivity index (χ0v) is 13.1. The molecule has 0 bridgehead atoms. The Morgan fingerprint density at radius 2 is 2.20 bits per heavy atom. The van der Waals surface area contributed by atoms with E-state index in [2.05, 4.69) is 11.8 Å². The summed E-state index contributed by atoms with van der Waals surface area (Å²) in [6, 6.07) is 3.46. The number of likely N-dealkylation sites (N-methyl/N-ethyl adjacent to an activating group) is 1. The van der Waals surface area contributed by atoms with Crippen molar-refractivity contribution >= 4 is 17.4 Å². The number of rotatable bonds is 3. The Morgan fingerprint density at radius 1 is 1.50 bits per heavy atom. The minimum atomic E-state index is -0.0604. The lowest BCUT2D eigenvalue weighted by molar-refractivity contribution is -0.123. The molecule has 2 rings (SSSR count). The number of carbonyl (C=O) groups is 1. The number of ketones is 1. The van der Waals surface area contributed by atoms with Gasteiger partial charge in [0.25, 0.3) is 0 Å². The van der Waals surface area contributed by atoms with E-state index in [0.717, 1.165) is 37.1 Å². The monoisotopic (exact) mass is 295 g/mol. The molecule has 2 unspecified atom stereocenters. The van der Waals surface area contributed by atoms with E-state index in [-0.39, 0.29) is 23.5 Å². The number of Topliss-reactive ketones (excluding diaryl/α,β-unsaturated/α-hetero) is 1. The zero-order chi connectivity index (χ0) is 14.9. The van der Waals surface area contributed by atoms with Gasteiger partial charge in [0.1, 0.15) is 11.5 Å².